The van der Waals surface area contributed by atoms with Crippen LogP contribution in [-0.2, 0) is 14.8 Å². The minimum absolute atomic E-state index is 0.0137. The van der Waals surface area contributed by atoms with Crippen LogP contribution >= 0.6 is 34.8 Å². The monoisotopic (exact) mass is 476 g/mol. The lowest BCUT2D eigenvalue weighted by molar-refractivity contribution is -0.121. The van der Waals surface area contributed by atoms with Gasteiger partial charge in [-0.05, 0) is 31.2 Å². The third-order valence-electron chi connectivity index (χ3n) is 4.71. The molecule has 2 aromatic rings. The van der Waals surface area contributed by atoms with E-state index in [1.165, 1.54) is 22.6 Å². The summed E-state index contributed by atoms with van der Waals surface area (Å²) < 4.78 is 27.2. The van der Waals surface area contributed by atoms with E-state index in [1.807, 2.05) is 4.90 Å². The van der Waals surface area contributed by atoms with Crippen LogP contribution in [0.25, 0.3) is 0 Å². The van der Waals surface area contributed by atoms with Gasteiger partial charge in [0, 0.05) is 32.4 Å². The Morgan fingerprint density at radius 2 is 1.79 bits per heavy atom. The Hall–Kier alpha value is -1.42. The van der Waals surface area contributed by atoms with Crippen molar-refractivity contribution in [1.29, 1.82) is 0 Å². The standard InChI is InChI=1S/C18H19Cl3N4O3S/c1-12(18(26)23-16-6-5-13(19)11-22-16)24-7-9-25(10-8-24)29(27,28)15-4-2-3-14(20)17(15)21/h2-6,11-12H,7-10H2,1H3,(H,22,23,26). The smallest absolute Gasteiger partial charge is 0.244 e. The Balaban J connectivity index is 1.62. The van der Waals surface area contributed by atoms with Gasteiger partial charge < -0.3 is 5.32 Å². The minimum Gasteiger partial charge on any atom is -0.309 e. The highest BCUT2D eigenvalue weighted by atomic mass is 35.5. The van der Waals surface area contributed by atoms with Crippen molar-refractivity contribution in [1.82, 2.24) is 14.2 Å². The zero-order chi connectivity index (χ0) is 21.2. The molecule has 29 heavy (non-hydrogen) atoms. The molecule has 1 unspecified atom stereocenters. The second kappa shape index (κ2) is 9.16. The molecule has 2 heterocycles. The number of sulfonamides is 1. The van der Waals surface area contributed by atoms with E-state index in [4.69, 9.17) is 34.8 Å². The van der Waals surface area contributed by atoms with Crippen molar-refractivity contribution in [3.8, 4) is 0 Å². The van der Waals surface area contributed by atoms with Crippen molar-refractivity contribution in [2.45, 2.75) is 17.9 Å². The maximum absolute atomic E-state index is 12.9. The maximum atomic E-state index is 12.9. The number of hydrogen-bond donors (Lipinski definition) is 1. The van der Waals surface area contributed by atoms with Crippen LogP contribution in [0.2, 0.25) is 15.1 Å². The van der Waals surface area contributed by atoms with E-state index in [9.17, 15) is 13.2 Å². The van der Waals surface area contributed by atoms with Crippen LogP contribution in [0.4, 0.5) is 5.82 Å². The molecule has 1 aromatic carbocycles. The molecule has 1 saturated heterocycles. The van der Waals surface area contributed by atoms with Crippen LogP contribution in [0.1, 0.15) is 6.92 Å². The van der Waals surface area contributed by atoms with E-state index >= 15 is 0 Å². The van der Waals surface area contributed by atoms with Crippen LogP contribution in [0, 0.1) is 0 Å². The number of nitrogens with zero attached hydrogens (tertiary/aromatic N) is 3. The molecule has 1 amide bonds. The van der Waals surface area contributed by atoms with E-state index < -0.39 is 16.1 Å². The first-order valence-corrected chi connectivity index (χ1v) is 11.4. The van der Waals surface area contributed by atoms with Crippen molar-refractivity contribution in [3.05, 3.63) is 51.6 Å². The second-order valence-electron chi connectivity index (χ2n) is 6.52. The molecule has 1 atom stereocenters. The molecule has 1 N–H and O–H groups in total. The van der Waals surface area contributed by atoms with Gasteiger partial charge in [-0.1, -0.05) is 40.9 Å². The van der Waals surface area contributed by atoms with Gasteiger partial charge >= 0.3 is 0 Å². The summed E-state index contributed by atoms with van der Waals surface area (Å²) in [5.41, 5.74) is 0. The lowest BCUT2D eigenvalue weighted by Crippen LogP contribution is -2.54. The molecule has 1 aliphatic heterocycles. The zero-order valence-corrected chi connectivity index (χ0v) is 18.6. The normalized spacial score (nSPS) is 17.1. The Kier molecular flexibility index (Phi) is 7.03. The van der Waals surface area contributed by atoms with Gasteiger partial charge in [-0.3, -0.25) is 9.69 Å². The summed E-state index contributed by atoms with van der Waals surface area (Å²) in [5.74, 6) is 0.178. The number of hydrogen-bond acceptors (Lipinski definition) is 5. The number of amides is 1. The van der Waals surface area contributed by atoms with Crippen molar-refractivity contribution in [3.63, 3.8) is 0 Å². The van der Waals surface area contributed by atoms with E-state index in [2.05, 4.69) is 10.3 Å². The summed E-state index contributed by atoms with van der Waals surface area (Å²) in [5, 5.41) is 3.41. The Labute approximate surface area is 184 Å². The fourth-order valence-electron chi connectivity index (χ4n) is 3.00. The molecule has 156 valence electrons. The molecular formula is C18H19Cl3N4O3S. The van der Waals surface area contributed by atoms with Gasteiger partial charge in [0.05, 0.1) is 21.1 Å². The number of rotatable bonds is 5. The van der Waals surface area contributed by atoms with E-state index in [0.717, 1.165) is 0 Å². The molecule has 0 bridgehead atoms. The van der Waals surface area contributed by atoms with Crippen LogP contribution in [0.15, 0.2) is 41.4 Å². The minimum atomic E-state index is -3.77. The van der Waals surface area contributed by atoms with Gasteiger partial charge in [0.15, 0.2) is 0 Å². The van der Waals surface area contributed by atoms with Gasteiger partial charge in [-0.25, -0.2) is 13.4 Å². The fourth-order valence-corrected chi connectivity index (χ4v) is 5.27. The molecule has 3 rings (SSSR count). The predicted molar refractivity (Wildman–Crippen MR) is 114 cm³/mol. The Bertz CT molecular complexity index is 994. The number of piperazine rings is 1. The molecule has 1 fully saturated rings. The predicted octanol–water partition coefficient (Wildman–Crippen LogP) is 3.38. The van der Waals surface area contributed by atoms with Gasteiger partial charge in [0.1, 0.15) is 10.7 Å². The number of carbonyl (C=O) groups is 1. The molecule has 0 spiro atoms. The number of aromatic nitrogens is 1. The highest BCUT2D eigenvalue weighted by Gasteiger charge is 2.33. The van der Waals surface area contributed by atoms with Crippen LogP contribution in [0.5, 0.6) is 0 Å². The number of anilines is 1. The summed E-state index contributed by atoms with van der Waals surface area (Å²) in [7, 11) is -3.77. The molecule has 7 nitrogen and oxygen atoms in total. The first-order valence-electron chi connectivity index (χ1n) is 8.81. The topological polar surface area (TPSA) is 82.6 Å². The van der Waals surface area contributed by atoms with Crippen LogP contribution in [0.3, 0.4) is 0 Å². The molecule has 1 aromatic heterocycles. The highest BCUT2D eigenvalue weighted by molar-refractivity contribution is 7.89. The van der Waals surface area contributed by atoms with Crippen LogP contribution < -0.4 is 5.32 Å². The number of benzene rings is 1. The van der Waals surface area contributed by atoms with Crippen molar-refractivity contribution in [2.75, 3.05) is 31.5 Å². The lowest BCUT2D eigenvalue weighted by Gasteiger charge is -2.36. The fraction of sp³-hybridized carbons (Fsp3) is 0.333. The van der Waals surface area contributed by atoms with Gasteiger partial charge in [-0.2, -0.15) is 4.31 Å². The summed E-state index contributed by atoms with van der Waals surface area (Å²) >= 11 is 17.8. The zero-order valence-electron chi connectivity index (χ0n) is 15.5. The lowest BCUT2D eigenvalue weighted by atomic mass is 10.2. The maximum Gasteiger partial charge on any atom is 0.244 e. The third-order valence-corrected chi connectivity index (χ3v) is 7.81. The average molecular weight is 478 g/mol. The quantitative estimate of drug-likeness (QED) is 0.714. The first-order chi connectivity index (χ1) is 13.7. The SMILES string of the molecule is CC(C(=O)Nc1ccc(Cl)cn1)N1CCN(S(=O)(=O)c2cccc(Cl)c2Cl)CC1. The van der Waals surface area contributed by atoms with E-state index in [1.54, 1.807) is 25.1 Å². The summed E-state index contributed by atoms with van der Waals surface area (Å²) in [6.45, 7) is 3.05. The molecule has 1 aliphatic rings. The molecule has 0 radical (unpaired) electrons. The number of carbonyl (C=O) groups excluding carboxylic acids is 1. The van der Waals surface area contributed by atoms with Crippen LogP contribution in [-0.4, -0.2) is 60.7 Å². The van der Waals surface area contributed by atoms with Gasteiger partial charge in [0.25, 0.3) is 0 Å². The van der Waals surface area contributed by atoms with Crippen molar-refractivity contribution >= 4 is 56.6 Å². The first kappa shape index (κ1) is 22.3. The number of nitrogens with one attached hydrogen (secondary N) is 1. The molecule has 11 heteroatoms. The Morgan fingerprint density at radius 1 is 1.10 bits per heavy atom. The molecule has 0 saturated carbocycles. The molecular weight excluding hydrogens is 459 g/mol. The highest BCUT2D eigenvalue weighted by Crippen LogP contribution is 2.31. The van der Waals surface area contributed by atoms with E-state index in [0.29, 0.717) is 23.9 Å². The summed E-state index contributed by atoms with van der Waals surface area (Å²) in [6, 6.07) is 7.33. The van der Waals surface area contributed by atoms with Crippen molar-refractivity contribution < 1.29 is 13.2 Å². The average Bonchev–Trinajstić information content (AvgIpc) is 2.71. The molecule has 0 aliphatic carbocycles. The number of pyridine rings is 1. The largest absolute Gasteiger partial charge is 0.309 e. The van der Waals surface area contributed by atoms with Gasteiger partial charge in [0.2, 0.25) is 15.9 Å². The van der Waals surface area contributed by atoms with Gasteiger partial charge in [-0.15, -0.1) is 0 Å². The summed E-state index contributed by atoms with van der Waals surface area (Å²) in [6.07, 6.45) is 1.45. The van der Waals surface area contributed by atoms with E-state index in [-0.39, 0.29) is 33.9 Å². The Morgan fingerprint density at radius 3 is 2.41 bits per heavy atom. The number of halogens is 3. The second-order valence-corrected chi connectivity index (χ2v) is 9.65. The van der Waals surface area contributed by atoms with Crippen molar-refractivity contribution in [2.24, 2.45) is 0 Å². The summed E-state index contributed by atoms with van der Waals surface area (Å²) in [4.78, 5) is 18.4. The third kappa shape index (κ3) is 5.02.